The van der Waals surface area contributed by atoms with Gasteiger partial charge in [0.1, 0.15) is 0 Å². The van der Waals surface area contributed by atoms with Crippen LogP contribution in [-0.2, 0) is 23.2 Å². The van der Waals surface area contributed by atoms with Gasteiger partial charge in [-0.1, -0.05) is 6.42 Å². The number of hydrogen-bond acceptors (Lipinski definition) is 3. The molecule has 1 aromatic rings. The summed E-state index contributed by atoms with van der Waals surface area (Å²) in [6, 6.07) is 1.82. The lowest BCUT2D eigenvalue weighted by molar-refractivity contribution is -0.146. The molecule has 0 spiro atoms. The molecule has 1 heterocycles. The van der Waals surface area contributed by atoms with Crippen molar-refractivity contribution in [3.63, 3.8) is 0 Å². The lowest BCUT2D eigenvalue weighted by Gasteiger charge is -2.14. The summed E-state index contributed by atoms with van der Waals surface area (Å²) < 4.78 is 1.66. The molecule has 2 N–H and O–H groups in total. The Labute approximate surface area is 105 Å². The van der Waals surface area contributed by atoms with Crippen molar-refractivity contribution in [3.05, 3.63) is 18.0 Å². The predicted molar refractivity (Wildman–Crippen MR) is 63.5 cm³/mol. The van der Waals surface area contributed by atoms with Gasteiger partial charge in [-0.3, -0.25) is 14.3 Å². The van der Waals surface area contributed by atoms with E-state index in [-0.39, 0.29) is 5.91 Å². The number of amides is 1. The highest BCUT2D eigenvalue weighted by Crippen LogP contribution is 2.32. The van der Waals surface area contributed by atoms with Gasteiger partial charge >= 0.3 is 5.97 Å². The summed E-state index contributed by atoms with van der Waals surface area (Å²) in [5, 5.41) is 15.9. The monoisotopic (exact) mass is 251 g/mol. The Morgan fingerprint density at radius 1 is 1.50 bits per heavy atom. The molecular weight excluding hydrogens is 234 g/mol. The van der Waals surface area contributed by atoms with Crippen LogP contribution in [0.5, 0.6) is 0 Å². The first-order valence-electron chi connectivity index (χ1n) is 6.07. The van der Waals surface area contributed by atoms with Gasteiger partial charge in [-0.15, -0.1) is 0 Å². The molecule has 98 valence electrons. The Kier molecular flexibility index (Phi) is 3.64. The number of nitrogens with one attached hydrogen (secondary N) is 1. The Balaban J connectivity index is 1.89. The lowest BCUT2D eigenvalue weighted by atomic mass is 9.95. The van der Waals surface area contributed by atoms with Crippen LogP contribution in [-0.4, -0.2) is 26.8 Å². The van der Waals surface area contributed by atoms with Crippen molar-refractivity contribution in [3.8, 4) is 0 Å². The standard InChI is InChI=1S/C12H17N3O3/c1-15-6-5-8(14-15)7-13-11(16)9-3-2-4-10(9)12(17)18/h5-6,9-10H,2-4,7H2,1H3,(H,13,16)(H,17,18)/t9-,10+/m1/s1. The molecule has 0 bridgehead atoms. The minimum atomic E-state index is -0.870. The molecular formula is C12H17N3O3. The van der Waals surface area contributed by atoms with Crippen molar-refractivity contribution >= 4 is 11.9 Å². The van der Waals surface area contributed by atoms with Gasteiger partial charge in [-0.2, -0.15) is 5.10 Å². The Hall–Kier alpha value is -1.85. The van der Waals surface area contributed by atoms with E-state index in [4.69, 9.17) is 5.11 Å². The molecule has 0 radical (unpaired) electrons. The van der Waals surface area contributed by atoms with Crippen LogP contribution < -0.4 is 5.32 Å². The first-order valence-corrected chi connectivity index (χ1v) is 6.07. The third kappa shape index (κ3) is 2.69. The highest BCUT2D eigenvalue weighted by atomic mass is 16.4. The van der Waals surface area contributed by atoms with Crippen molar-refractivity contribution < 1.29 is 14.7 Å². The maximum Gasteiger partial charge on any atom is 0.307 e. The van der Waals surface area contributed by atoms with Crippen molar-refractivity contribution in [2.24, 2.45) is 18.9 Å². The number of carbonyl (C=O) groups is 2. The maximum absolute atomic E-state index is 11.9. The number of carboxylic acids is 1. The predicted octanol–water partition coefficient (Wildman–Crippen LogP) is 0.537. The zero-order valence-electron chi connectivity index (χ0n) is 10.3. The summed E-state index contributed by atoms with van der Waals surface area (Å²) in [6.45, 7) is 0.350. The zero-order valence-corrected chi connectivity index (χ0v) is 10.3. The third-order valence-electron chi connectivity index (χ3n) is 3.38. The van der Waals surface area contributed by atoms with Crippen molar-refractivity contribution in [1.82, 2.24) is 15.1 Å². The van der Waals surface area contributed by atoms with Crippen LogP contribution in [0.1, 0.15) is 25.0 Å². The molecule has 0 aliphatic heterocycles. The van der Waals surface area contributed by atoms with Gasteiger partial charge in [0.2, 0.25) is 5.91 Å². The van der Waals surface area contributed by atoms with Crippen molar-refractivity contribution in [2.75, 3.05) is 0 Å². The normalized spacial score (nSPS) is 22.9. The fourth-order valence-electron chi connectivity index (χ4n) is 2.44. The highest BCUT2D eigenvalue weighted by Gasteiger charge is 2.37. The molecule has 2 atom stereocenters. The van der Waals surface area contributed by atoms with Gasteiger partial charge in [0.25, 0.3) is 0 Å². The van der Waals surface area contributed by atoms with Crippen molar-refractivity contribution in [2.45, 2.75) is 25.8 Å². The van der Waals surface area contributed by atoms with Crippen LogP contribution in [0.2, 0.25) is 0 Å². The molecule has 2 rings (SSSR count). The van der Waals surface area contributed by atoms with Gasteiger partial charge in [-0.25, -0.2) is 0 Å². The second-order valence-corrected chi connectivity index (χ2v) is 4.68. The van der Waals surface area contributed by atoms with Gasteiger partial charge in [0.05, 0.1) is 24.1 Å². The van der Waals surface area contributed by atoms with E-state index in [9.17, 15) is 9.59 Å². The summed E-state index contributed by atoms with van der Waals surface area (Å²) in [7, 11) is 1.81. The highest BCUT2D eigenvalue weighted by molar-refractivity contribution is 5.85. The summed E-state index contributed by atoms with van der Waals surface area (Å²) in [5.41, 5.74) is 0.774. The second kappa shape index (κ2) is 5.20. The summed E-state index contributed by atoms with van der Waals surface area (Å²) in [6.07, 6.45) is 3.86. The number of aryl methyl sites for hydroxylation is 1. The van der Waals surface area contributed by atoms with Gasteiger partial charge in [0, 0.05) is 13.2 Å². The van der Waals surface area contributed by atoms with Crippen LogP contribution in [0.25, 0.3) is 0 Å². The van der Waals surface area contributed by atoms with Crippen LogP contribution >= 0.6 is 0 Å². The average molecular weight is 251 g/mol. The van der Waals surface area contributed by atoms with Crippen LogP contribution in [0.3, 0.4) is 0 Å². The summed E-state index contributed by atoms with van der Waals surface area (Å²) in [4.78, 5) is 22.9. The molecule has 0 saturated heterocycles. The molecule has 0 unspecified atom stereocenters. The van der Waals surface area contributed by atoms with Gasteiger partial charge < -0.3 is 10.4 Å². The summed E-state index contributed by atoms with van der Waals surface area (Å²) in [5.74, 6) is -1.98. The molecule has 0 aromatic carbocycles. The van der Waals surface area contributed by atoms with Crippen LogP contribution in [0, 0.1) is 11.8 Å². The lowest BCUT2D eigenvalue weighted by Crippen LogP contribution is -2.35. The maximum atomic E-state index is 11.9. The molecule has 1 aliphatic rings. The van der Waals surface area contributed by atoms with Crippen molar-refractivity contribution in [1.29, 1.82) is 0 Å². The molecule has 18 heavy (non-hydrogen) atoms. The van der Waals surface area contributed by atoms with Crippen LogP contribution in [0.4, 0.5) is 0 Å². The number of aliphatic carboxylic acids is 1. The van der Waals surface area contributed by atoms with E-state index in [2.05, 4.69) is 10.4 Å². The average Bonchev–Trinajstić information content (AvgIpc) is 2.94. The SMILES string of the molecule is Cn1ccc(CNC(=O)[C@@H]2CCC[C@@H]2C(=O)O)n1. The molecule has 6 nitrogen and oxygen atoms in total. The quantitative estimate of drug-likeness (QED) is 0.818. The molecule has 1 saturated carbocycles. The molecule has 6 heteroatoms. The first-order chi connectivity index (χ1) is 8.58. The molecule has 1 aromatic heterocycles. The molecule has 1 fully saturated rings. The Morgan fingerprint density at radius 3 is 2.83 bits per heavy atom. The first kappa shape index (κ1) is 12.6. The fourth-order valence-corrected chi connectivity index (χ4v) is 2.44. The number of carboxylic acid groups (broad SMARTS) is 1. The van der Waals surface area contributed by atoms with E-state index in [0.29, 0.717) is 19.4 Å². The number of aromatic nitrogens is 2. The Bertz CT molecular complexity index is 455. The van der Waals surface area contributed by atoms with Crippen LogP contribution in [0.15, 0.2) is 12.3 Å². The minimum absolute atomic E-state index is 0.175. The largest absolute Gasteiger partial charge is 0.481 e. The van der Waals surface area contributed by atoms with E-state index in [0.717, 1.165) is 12.1 Å². The fraction of sp³-hybridized carbons (Fsp3) is 0.583. The smallest absolute Gasteiger partial charge is 0.307 e. The minimum Gasteiger partial charge on any atom is -0.481 e. The molecule has 1 aliphatic carbocycles. The molecule has 1 amide bonds. The van der Waals surface area contributed by atoms with E-state index in [1.54, 1.807) is 10.9 Å². The van der Waals surface area contributed by atoms with Gasteiger partial charge in [-0.05, 0) is 18.9 Å². The third-order valence-corrected chi connectivity index (χ3v) is 3.38. The second-order valence-electron chi connectivity index (χ2n) is 4.68. The number of nitrogens with zero attached hydrogens (tertiary/aromatic N) is 2. The topological polar surface area (TPSA) is 84.2 Å². The zero-order chi connectivity index (χ0) is 13.1. The number of carbonyl (C=O) groups excluding carboxylic acids is 1. The van der Waals surface area contributed by atoms with E-state index < -0.39 is 17.8 Å². The summed E-state index contributed by atoms with van der Waals surface area (Å²) >= 11 is 0. The van der Waals surface area contributed by atoms with E-state index in [1.165, 1.54) is 0 Å². The van der Waals surface area contributed by atoms with E-state index in [1.807, 2.05) is 13.1 Å². The van der Waals surface area contributed by atoms with E-state index >= 15 is 0 Å². The Morgan fingerprint density at radius 2 is 2.22 bits per heavy atom. The number of rotatable bonds is 4. The number of hydrogen-bond donors (Lipinski definition) is 2. The van der Waals surface area contributed by atoms with Gasteiger partial charge in [0.15, 0.2) is 0 Å².